The maximum Gasteiger partial charge on any atom is 0.122 e. The van der Waals surface area contributed by atoms with Crippen LogP contribution in [0.25, 0.3) is 0 Å². The van der Waals surface area contributed by atoms with Crippen LogP contribution in [0.4, 0.5) is 0 Å². The van der Waals surface area contributed by atoms with E-state index in [1.54, 1.807) is 14.2 Å². The molecule has 112 valence electrons. The van der Waals surface area contributed by atoms with Gasteiger partial charge in [-0.1, -0.05) is 31.2 Å². The van der Waals surface area contributed by atoms with Crippen LogP contribution in [-0.4, -0.2) is 21.3 Å². The lowest BCUT2D eigenvalue weighted by molar-refractivity contribution is 0.392. The molecule has 0 saturated heterocycles. The zero-order valence-electron chi connectivity index (χ0n) is 13.1. The minimum Gasteiger partial charge on any atom is -0.497 e. The van der Waals surface area contributed by atoms with Gasteiger partial charge in [-0.3, -0.25) is 0 Å². The van der Waals surface area contributed by atoms with Gasteiger partial charge in [0.25, 0.3) is 0 Å². The summed E-state index contributed by atoms with van der Waals surface area (Å²) < 4.78 is 10.7. The quantitative estimate of drug-likeness (QED) is 0.880. The first-order valence-corrected chi connectivity index (χ1v) is 7.20. The maximum absolute atomic E-state index is 5.37. The topological polar surface area (TPSA) is 30.5 Å². The fourth-order valence-electron chi connectivity index (χ4n) is 2.51. The van der Waals surface area contributed by atoms with E-state index in [4.69, 9.17) is 9.47 Å². The van der Waals surface area contributed by atoms with Crippen molar-refractivity contribution in [3.8, 4) is 11.5 Å². The van der Waals surface area contributed by atoms with Crippen molar-refractivity contribution in [1.29, 1.82) is 0 Å². The Labute approximate surface area is 126 Å². The number of ether oxygens (including phenoxy) is 2. The minimum atomic E-state index is 0.112. The Balaban J connectivity index is 2.44. The second-order valence-electron chi connectivity index (χ2n) is 4.97. The number of rotatable bonds is 6. The van der Waals surface area contributed by atoms with Gasteiger partial charge in [-0.05, 0) is 42.3 Å². The van der Waals surface area contributed by atoms with E-state index in [9.17, 15) is 0 Å². The summed E-state index contributed by atoms with van der Waals surface area (Å²) in [6, 6.07) is 14.7. The van der Waals surface area contributed by atoms with Crippen LogP contribution in [0.5, 0.6) is 11.5 Å². The number of nitrogens with one attached hydrogen (secondary N) is 1. The lowest BCUT2D eigenvalue weighted by Gasteiger charge is -2.19. The average Bonchev–Trinajstić information content (AvgIpc) is 2.55. The molecule has 3 nitrogen and oxygen atoms in total. The third-order valence-corrected chi connectivity index (χ3v) is 3.69. The van der Waals surface area contributed by atoms with Crippen molar-refractivity contribution in [2.24, 2.45) is 0 Å². The Kier molecular flexibility index (Phi) is 5.23. The third-order valence-electron chi connectivity index (χ3n) is 3.69. The largest absolute Gasteiger partial charge is 0.497 e. The van der Waals surface area contributed by atoms with Crippen LogP contribution in [0.3, 0.4) is 0 Å². The molecular formula is C18H23NO2. The molecule has 1 atom stereocenters. The molecule has 0 bridgehead atoms. The summed E-state index contributed by atoms with van der Waals surface area (Å²) in [6.45, 7) is 2.17. The van der Waals surface area contributed by atoms with Crippen molar-refractivity contribution in [3.05, 3.63) is 59.2 Å². The Morgan fingerprint density at radius 2 is 1.62 bits per heavy atom. The molecule has 0 aliphatic heterocycles. The summed E-state index contributed by atoms with van der Waals surface area (Å²) in [7, 11) is 5.31. The van der Waals surface area contributed by atoms with Crippen LogP contribution < -0.4 is 14.8 Å². The van der Waals surface area contributed by atoms with Gasteiger partial charge in [-0.15, -0.1) is 0 Å². The van der Waals surface area contributed by atoms with Crippen LogP contribution in [0.1, 0.15) is 29.7 Å². The molecule has 3 heteroatoms. The highest BCUT2D eigenvalue weighted by molar-refractivity contribution is 5.43. The predicted molar refractivity (Wildman–Crippen MR) is 86.3 cm³/mol. The molecule has 0 fully saturated rings. The highest BCUT2D eigenvalue weighted by Crippen LogP contribution is 2.30. The van der Waals surface area contributed by atoms with Gasteiger partial charge in [0, 0.05) is 6.07 Å². The maximum atomic E-state index is 5.37. The second-order valence-corrected chi connectivity index (χ2v) is 4.97. The first kappa shape index (κ1) is 15.4. The van der Waals surface area contributed by atoms with Gasteiger partial charge in [-0.2, -0.15) is 0 Å². The number of hydrogen-bond acceptors (Lipinski definition) is 3. The van der Waals surface area contributed by atoms with E-state index in [0.29, 0.717) is 0 Å². The van der Waals surface area contributed by atoms with E-state index < -0.39 is 0 Å². The summed E-state index contributed by atoms with van der Waals surface area (Å²) in [5.41, 5.74) is 3.71. The van der Waals surface area contributed by atoms with Crippen LogP contribution in [0.15, 0.2) is 42.5 Å². The Hall–Kier alpha value is -2.00. The van der Waals surface area contributed by atoms with Crippen molar-refractivity contribution in [2.75, 3.05) is 21.3 Å². The van der Waals surface area contributed by atoms with Gasteiger partial charge in [0.15, 0.2) is 0 Å². The number of methoxy groups -OCH3 is 2. The van der Waals surface area contributed by atoms with Gasteiger partial charge in [0.2, 0.25) is 0 Å². The van der Waals surface area contributed by atoms with E-state index in [0.717, 1.165) is 23.5 Å². The molecular weight excluding hydrogens is 262 g/mol. The molecule has 1 N–H and O–H groups in total. The van der Waals surface area contributed by atoms with Gasteiger partial charge >= 0.3 is 0 Å². The standard InChI is InChI=1S/C18H23NO2/c1-5-13-7-6-8-14(9-13)18(19-2)15-10-16(20-3)12-17(11-15)21-4/h6-12,18-19H,5H2,1-4H3. The SMILES string of the molecule is CCc1cccc(C(NC)c2cc(OC)cc(OC)c2)c1. The van der Waals surface area contributed by atoms with E-state index in [2.05, 4.69) is 36.5 Å². The Morgan fingerprint density at radius 1 is 0.952 bits per heavy atom. The van der Waals surface area contributed by atoms with Crippen molar-refractivity contribution in [1.82, 2.24) is 5.32 Å². The van der Waals surface area contributed by atoms with E-state index in [1.807, 2.05) is 25.2 Å². The number of aryl methyl sites for hydroxylation is 1. The van der Waals surface area contributed by atoms with Crippen molar-refractivity contribution >= 4 is 0 Å². The molecule has 0 saturated carbocycles. The smallest absolute Gasteiger partial charge is 0.122 e. The monoisotopic (exact) mass is 285 g/mol. The van der Waals surface area contributed by atoms with E-state index >= 15 is 0 Å². The van der Waals surface area contributed by atoms with Gasteiger partial charge in [0.05, 0.1) is 20.3 Å². The first-order chi connectivity index (χ1) is 10.2. The number of hydrogen-bond donors (Lipinski definition) is 1. The number of benzene rings is 2. The zero-order valence-corrected chi connectivity index (χ0v) is 13.1. The average molecular weight is 285 g/mol. The summed E-state index contributed by atoms with van der Waals surface area (Å²) in [5, 5.41) is 3.38. The predicted octanol–water partition coefficient (Wildman–Crippen LogP) is 3.58. The van der Waals surface area contributed by atoms with Gasteiger partial charge in [-0.25, -0.2) is 0 Å². The van der Waals surface area contributed by atoms with E-state index in [1.165, 1.54) is 11.1 Å². The molecule has 1 unspecified atom stereocenters. The molecule has 0 aliphatic carbocycles. The van der Waals surface area contributed by atoms with Gasteiger partial charge < -0.3 is 14.8 Å². The summed E-state index contributed by atoms with van der Waals surface area (Å²) in [6.07, 6.45) is 1.03. The van der Waals surface area contributed by atoms with Crippen LogP contribution in [0.2, 0.25) is 0 Å². The molecule has 2 aromatic carbocycles. The summed E-state index contributed by atoms with van der Waals surface area (Å²) in [5.74, 6) is 1.60. The fraction of sp³-hybridized carbons (Fsp3) is 0.333. The van der Waals surface area contributed by atoms with E-state index in [-0.39, 0.29) is 6.04 Å². The highest BCUT2D eigenvalue weighted by atomic mass is 16.5. The fourth-order valence-corrected chi connectivity index (χ4v) is 2.51. The summed E-state index contributed by atoms with van der Waals surface area (Å²) >= 11 is 0. The Bertz CT molecular complexity index is 573. The minimum absolute atomic E-state index is 0.112. The van der Waals surface area contributed by atoms with Crippen LogP contribution in [0, 0.1) is 0 Å². The van der Waals surface area contributed by atoms with Crippen LogP contribution >= 0.6 is 0 Å². The van der Waals surface area contributed by atoms with Crippen LogP contribution in [-0.2, 0) is 6.42 Å². The normalized spacial score (nSPS) is 12.0. The zero-order chi connectivity index (χ0) is 15.2. The lowest BCUT2D eigenvalue weighted by atomic mass is 9.96. The van der Waals surface area contributed by atoms with Gasteiger partial charge in [0.1, 0.15) is 11.5 Å². The molecule has 2 aromatic rings. The molecule has 0 spiro atoms. The lowest BCUT2D eigenvalue weighted by Crippen LogP contribution is -2.18. The summed E-state index contributed by atoms with van der Waals surface area (Å²) in [4.78, 5) is 0. The highest BCUT2D eigenvalue weighted by Gasteiger charge is 2.14. The van der Waals surface area contributed by atoms with Crippen molar-refractivity contribution < 1.29 is 9.47 Å². The molecule has 0 radical (unpaired) electrons. The van der Waals surface area contributed by atoms with Crippen molar-refractivity contribution in [2.45, 2.75) is 19.4 Å². The Morgan fingerprint density at radius 3 is 2.14 bits per heavy atom. The molecule has 0 amide bonds. The molecule has 0 aliphatic rings. The molecule has 2 rings (SSSR count). The molecule has 0 heterocycles. The second kappa shape index (κ2) is 7.14. The molecule has 21 heavy (non-hydrogen) atoms. The third kappa shape index (κ3) is 3.56. The molecule has 0 aromatic heterocycles. The van der Waals surface area contributed by atoms with Crippen molar-refractivity contribution in [3.63, 3.8) is 0 Å². The first-order valence-electron chi connectivity index (χ1n) is 7.20.